The first-order valence-corrected chi connectivity index (χ1v) is 20.6. The third-order valence-corrected chi connectivity index (χ3v) is 13.1. The number of Topliss-reactive ketones (excluding diaryl/α,β-unsaturated/α-hetero) is 1. The van der Waals surface area contributed by atoms with Crippen molar-refractivity contribution < 1.29 is 38.4 Å². The number of carbonyl (C=O) groups excluding carboxylic acids is 2. The third kappa shape index (κ3) is 6.09. The second kappa shape index (κ2) is 14.6. The van der Waals surface area contributed by atoms with Gasteiger partial charge in [0, 0.05) is 42.5 Å². The molecule has 2 aromatic rings. The van der Waals surface area contributed by atoms with E-state index in [-0.39, 0.29) is 31.3 Å². The summed E-state index contributed by atoms with van der Waals surface area (Å²) in [6, 6.07) is -0.461. The summed E-state index contributed by atoms with van der Waals surface area (Å²) < 4.78 is 35.9. The lowest BCUT2D eigenvalue weighted by Gasteiger charge is -2.63. The highest BCUT2D eigenvalue weighted by molar-refractivity contribution is 6.14. The molecule has 0 amide bonds. The molecule has 4 aliphatic heterocycles. The summed E-state index contributed by atoms with van der Waals surface area (Å²) in [6.07, 6.45) is 14.7. The number of aliphatic hydroxyl groups excluding tert-OH is 1. The lowest BCUT2D eigenvalue weighted by atomic mass is 9.44. The van der Waals surface area contributed by atoms with Gasteiger partial charge in [0.2, 0.25) is 0 Å². The summed E-state index contributed by atoms with van der Waals surface area (Å²) in [5.41, 5.74) is 1.58. The van der Waals surface area contributed by atoms with Gasteiger partial charge in [0.05, 0.1) is 48.1 Å². The molecule has 1 aromatic heterocycles. The molecule has 3 saturated carbocycles. The van der Waals surface area contributed by atoms with Crippen LogP contribution in [-0.4, -0.2) is 93.2 Å². The van der Waals surface area contributed by atoms with E-state index in [1.165, 1.54) is 12.7 Å². The van der Waals surface area contributed by atoms with Crippen molar-refractivity contribution in [1.82, 2.24) is 20.1 Å². The number of ketones is 1. The summed E-state index contributed by atoms with van der Waals surface area (Å²) in [6.45, 7) is 17.4. The van der Waals surface area contributed by atoms with Crippen molar-refractivity contribution in [3.63, 3.8) is 0 Å². The molecule has 7 aliphatic rings. The molecule has 13 heteroatoms. The van der Waals surface area contributed by atoms with E-state index in [1.807, 2.05) is 13.8 Å². The van der Waals surface area contributed by atoms with E-state index >= 15 is 4.79 Å². The van der Waals surface area contributed by atoms with Crippen LogP contribution in [0.1, 0.15) is 104 Å². The number of allylic oxidation sites excluding steroid dienone is 4. The molecule has 13 nitrogen and oxygen atoms in total. The first kappa shape index (κ1) is 40.2. The lowest BCUT2D eigenvalue weighted by Crippen LogP contribution is -2.78. The Morgan fingerprint density at radius 1 is 1.07 bits per heavy atom. The van der Waals surface area contributed by atoms with E-state index in [2.05, 4.69) is 69.2 Å². The molecule has 1 saturated heterocycles. The Kier molecular flexibility index (Phi) is 10.1. The van der Waals surface area contributed by atoms with Gasteiger partial charge in [0.1, 0.15) is 35.8 Å². The zero-order valence-corrected chi connectivity index (χ0v) is 35.2. The first-order valence-electron chi connectivity index (χ1n) is 20.6. The predicted octanol–water partition coefficient (Wildman–Crippen LogP) is 6.36. The van der Waals surface area contributed by atoms with Gasteiger partial charge < -0.3 is 34.1 Å². The zero-order valence-electron chi connectivity index (χ0n) is 35.2. The number of benzene rings is 1. The number of methoxy groups -OCH3 is 1. The SMILES string of the molecule is COC(=O)C(C)=CCC12OC(C)(C)C3CC(C1=O)C1C4C(=Nc5ncn1n5)c1c(OCCNCCO)c5c(c(CC=C(C)C)c1OC432)OC(C)(CCC=C(C)C)C=C5. The number of rotatable bonds is 14. The number of ether oxygens (including phenoxy) is 5. The Morgan fingerprint density at radius 2 is 1.84 bits per heavy atom. The van der Waals surface area contributed by atoms with Crippen LogP contribution in [-0.2, 0) is 25.5 Å². The van der Waals surface area contributed by atoms with Crippen LogP contribution in [0.25, 0.3) is 6.08 Å². The second-order valence-electron chi connectivity index (χ2n) is 17.9. The quantitative estimate of drug-likeness (QED) is 0.0951. The van der Waals surface area contributed by atoms with Gasteiger partial charge in [-0.2, -0.15) is 4.98 Å². The maximum absolute atomic E-state index is 15.4. The highest BCUT2D eigenvalue weighted by Crippen LogP contribution is 2.73. The molecule has 7 unspecified atom stereocenters. The number of aromatic nitrogens is 3. The zero-order chi connectivity index (χ0) is 41.4. The highest BCUT2D eigenvalue weighted by Gasteiger charge is 2.85. The van der Waals surface area contributed by atoms with Crippen LogP contribution in [0.5, 0.6) is 17.2 Å². The Morgan fingerprint density at radius 3 is 2.57 bits per heavy atom. The monoisotopic (exact) mass is 795 g/mol. The number of aliphatic hydroxyl groups is 1. The summed E-state index contributed by atoms with van der Waals surface area (Å²) in [4.78, 5) is 38.1. The van der Waals surface area contributed by atoms with Crippen LogP contribution in [0.15, 0.2) is 52.3 Å². The normalized spacial score (nSPS) is 30.2. The van der Waals surface area contributed by atoms with Crippen LogP contribution >= 0.6 is 0 Å². The van der Waals surface area contributed by atoms with Crippen LogP contribution in [0.3, 0.4) is 0 Å². The fourth-order valence-electron chi connectivity index (χ4n) is 10.5. The van der Waals surface area contributed by atoms with Gasteiger partial charge in [-0.1, -0.05) is 29.4 Å². The van der Waals surface area contributed by atoms with Gasteiger partial charge in [-0.25, -0.2) is 14.5 Å². The van der Waals surface area contributed by atoms with E-state index in [0.29, 0.717) is 66.0 Å². The maximum atomic E-state index is 15.4. The van der Waals surface area contributed by atoms with Gasteiger partial charge in [0.25, 0.3) is 5.95 Å². The molecule has 1 aromatic carbocycles. The molecule has 7 atom stereocenters. The largest absolute Gasteiger partial charge is 0.491 e. The molecule has 6 bridgehead atoms. The van der Waals surface area contributed by atoms with Crippen molar-refractivity contribution >= 4 is 29.5 Å². The van der Waals surface area contributed by atoms with Crippen LogP contribution in [0.2, 0.25) is 0 Å². The van der Waals surface area contributed by atoms with Crippen LogP contribution < -0.4 is 19.5 Å². The lowest BCUT2D eigenvalue weighted by molar-refractivity contribution is -0.206. The van der Waals surface area contributed by atoms with Crippen molar-refractivity contribution in [2.24, 2.45) is 22.7 Å². The van der Waals surface area contributed by atoms with Gasteiger partial charge in [-0.3, -0.25) is 4.79 Å². The van der Waals surface area contributed by atoms with Gasteiger partial charge >= 0.3 is 5.97 Å². The number of carbonyl (C=O) groups is 2. The minimum Gasteiger partial charge on any atom is -0.491 e. The third-order valence-electron chi connectivity index (χ3n) is 13.1. The molecule has 1 spiro atoms. The minimum absolute atomic E-state index is 0.0102. The van der Waals surface area contributed by atoms with Gasteiger partial charge in [-0.15, -0.1) is 5.10 Å². The first-order chi connectivity index (χ1) is 27.6. The summed E-state index contributed by atoms with van der Waals surface area (Å²) in [5, 5.41) is 17.5. The van der Waals surface area contributed by atoms with Crippen molar-refractivity contribution in [1.29, 1.82) is 0 Å². The molecule has 58 heavy (non-hydrogen) atoms. The molecule has 3 aliphatic carbocycles. The van der Waals surface area contributed by atoms with Gasteiger partial charge in [-0.05, 0) is 93.2 Å². The smallest absolute Gasteiger partial charge is 0.333 e. The molecule has 2 N–H and O–H groups in total. The van der Waals surface area contributed by atoms with E-state index in [0.717, 1.165) is 29.5 Å². The number of hydrogen-bond donors (Lipinski definition) is 2. The van der Waals surface area contributed by atoms with Crippen molar-refractivity contribution in [3.8, 4) is 17.2 Å². The fourth-order valence-corrected chi connectivity index (χ4v) is 10.5. The van der Waals surface area contributed by atoms with Crippen LogP contribution in [0.4, 0.5) is 5.95 Å². The summed E-state index contributed by atoms with van der Waals surface area (Å²) >= 11 is 0. The Balaban J connectivity index is 1.42. The standard InChI is InChI=1S/C45H57N5O8/c1-25(2)11-10-16-43(8)17-15-29-36(56-43)28(13-12-26(3)4)38-32(37(29)55-22-20-46-19-21-51)34-33-35(50-24-47-41(48-34)49-50)30-23-31-42(6,7)58-44(39(30)52,45(31,33)57-38)18-14-27(5)40(53)54-9/h11-12,14-15,17,24,30-31,33,35,46,51H,10,13,16,18-23H2,1-9H3. The molecular weight excluding hydrogens is 739 g/mol. The minimum atomic E-state index is -1.48. The van der Waals surface area contributed by atoms with E-state index < -0.39 is 46.3 Å². The number of fused-ring (bicyclic) bond motifs is 5. The molecule has 9 rings (SSSR count). The number of esters is 1. The molecule has 5 heterocycles. The Bertz CT molecular complexity index is 2190. The topological polar surface area (TPSA) is 156 Å². The summed E-state index contributed by atoms with van der Waals surface area (Å²) in [7, 11) is 1.35. The van der Waals surface area contributed by atoms with Crippen molar-refractivity contribution in [3.05, 3.63) is 64.0 Å². The van der Waals surface area contributed by atoms with Crippen LogP contribution in [0, 0.1) is 17.8 Å². The average Bonchev–Trinajstić information content (AvgIpc) is 3.62. The highest BCUT2D eigenvalue weighted by atomic mass is 16.6. The molecule has 0 radical (unpaired) electrons. The number of aliphatic imine (C=N–C) groups is 1. The number of hydrogen-bond acceptors (Lipinski definition) is 12. The van der Waals surface area contributed by atoms with E-state index in [9.17, 15) is 9.90 Å². The van der Waals surface area contributed by atoms with E-state index in [4.69, 9.17) is 33.8 Å². The van der Waals surface area contributed by atoms with Gasteiger partial charge in [0.15, 0.2) is 17.0 Å². The van der Waals surface area contributed by atoms with Crippen molar-refractivity contribution in [2.45, 2.75) is 116 Å². The predicted molar refractivity (Wildman–Crippen MR) is 219 cm³/mol. The Hall–Kier alpha value is -4.59. The Labute approximate surface area is 340 Å². The number of nitrogens with zero attached hydrogens (tertiary/aromatic N) is 4. The fraction of sp³-hybridized carbons (Fsp3) is 0.578. The van der Waals surface area contributed by atoms with E-state index in [1.54, 1.807) is 24.0 Å². The number of nitrogens with one attached hydrogen (secondary N) is 1. The maximum Gasteiger partial charge on any atom is 0.333 e. The second-order valence-corrected chi connectivity index (χ2v) is 17.9. The molecule has 4 fully saturated rings. The van der Waals surface area contributed by atoms with Crippen molar-refractivity contribution in [2.75, 3.05) is 33.4 Å². The molecular formula is C45H57N5O8. The summed E-state index contributed by atoms with van der Waals surface area (Å²) in [5.74, 6) is 0.273. The molecule has 310 valence electrons. The average molecular weight is 796 g/mol.